The van der Waals surface area contributed by atoms with Crippen molar-refractivity contribution in [3.8, 4) is 0 Å². The fourth-order valence-corrected chi connectivity index (χ4v) is 2.42. The Hall–Kier alpha value is -3.02. The van der Waals surface area contributed by atoms with Gasteiger partial charge in [-0.25, -0.2) is 13.8 Å². The van der Waals surface area contributed by atoms with Gasteiger partial charge >= 0.3 is 0 Å². The normalized spacial score (nSPS) is 10.6. The van der Waals surface area contributed by atoms with Crippen molar-refractivity contribution in [1.29, 1.82) is 0 Å². The highest BCUT2D eigenvalue weighted by Gasteiger charge is 2.08. The average molecular weight is 340 g/mol. The fraction of sp³-hybridized carbons (Fsp3) is 0.158. The van der Waals surface area contributed by atoms with Crippen LogP contribution in [0.3, 0.4) is 0 Å². The number of halogens is 2. The Morgan fingerprint density at radius 2 is 1.76 bits per heavy atom. The number of rotatable bonds is 5. The van der Waals surface area contributed by atoms with E-state index in [4.69, 9.17) is 0 Å². The summed E-state index contributed by atoms with van der Waals surface area (Å²) in [7, 11) is 0. The molecular weight excluding hydrogens is 322 g/mol. The highest BCUT2D eigenvalue weighted by molar-refractivity contribution is 5.56. The second kappa shape index (κ2) is 7.25. The van der Waals surface area contributed by atoms with E-state index in [1.54, 1.807) is 0 Å². The van der Waals surface area contributed by atoms with Crippen molar-refractivity contribution in [2.24, 2.45) is 0 Å². The molecule has 3 aromatic rings. The van der Waals surface area contributed by atoms with Crippen molar-refractivity contribution in [3.63, 3.8) is 0 Å². The molecule has 0 atom stereocenters. The molecule has 128 valence electrons. The molecule has 0 spiro atoms. The van der Waals surface area contributed by atoms with Crippen LogP contribution in [0.4, 0.5) is 26.2 Å². The first-order chi connectivity index (χ1) is 12.0. The summed E-state index contributed by atoms with van der Waals surface area (Å²) in [6.45, 7) is 4.49. The number of hydrogen-bond donors (Lipinski definition) is 2. The summed E-state index contributed by atoms with van der Waals surface area (Å²) < 4.78 is 26.8. The summed E-state index contributed by atoms with van der Waals surface area (Å²) in [6.07, 6.45) is 0. The summed E-state index contributed by atoms with van der Waals surface area (Å²) in [5.41, 5.74) is 3.20. The van der Waals surface area contributed by atoms with Crippen LogP contribution < -0.4 is 10.6 Å². The van der Waals surface area contributed by atoms with E-state index >= 15 is 0 Å². The van der Waals surface area contributed by atoms with Crippen LogP contribution in [0, 0.1) is 25.5 Å². The van der Waals surface area contributed by atoms with Crippen LogP contribution >= 0.6 is 0 Å². The van der Waals surface area contributed by atoms with Crippen LogP contribution in [0.15, 0.2) is 48.5 Å². The zero-order valence-corrected chi connectivity index (χ0v) is 14.0. The van der Waals surface area contributed by atoms with Gasteiger partial charge in [-0.1, -0.05) is 24.3 Å². The van der Waals surface area contributed by atoms with Gasteiger partial charge in [0.05, 0.1) is 5.69 Å². The second-order valence-corrected chi connectivity index (χ2v) is 5.75. The third kappa shape index (κ3) is 4.29. The molecular formula is C19H18F2N4. The lowest BCUT2D eigenvalue weighted by atomic mass is 10.1. The van der Waals surface area contributed by atoms with E-state index in [9.17, 15) is 8.78 Å². The maximum absolute atomic E-state index is 13.8. The predicted molar refractivity (Wildman–Crippen MR) is 94.9 cm³/mol. The number of aryl methyl sites for hydroxylation is 2. The van der Waals surface area contributed by atoms with Crippen molar-refractivity contribution in [2.75, 3.05) is 10.6 Å². The summed E-state index contributed by atoms with van der Waals surface area (Å²) in [5.74, 6) is -0.452. The van der Waals surface area contributed by atoms with E-state index in [0.29, 0.717) is 12.4 Å². The summed E-state index contributed by atoms with van der Waals surface area (Å²) in [4.78, 5) is 8.59. The lowest BCUT2D eigenvalue weighted by Crippen LogP contribution is -2.07. The molecule has 0 unspecified atom stereocenters. The van der Waals surface area contributed by atoms with Crippen LogP contribution in [-0.2, 0) is 6.54 Å². The van der Waals surface area contributed by atoms with Gasteiger partial charge < -0.3 is 10.6 Å². The largest absolute Gasteiger partial charge is 0.366 e. The topological polar surface area (TPSA) is 49.8 Å². The minimum atomic E-state index is -0.695. The van der Waals surface area contributed by atoms with Crippen LogP contribution in [0.1, 0.15) is 16.8 Å². The highest BCUT2D eigenvalue weighted by Crippen LogP contribution is 2.20. The molecule has 0 radical (unpaired) electrons. The Morgan fingerprint density at radius 1 is 0.960 bits per heavy atom. The monoisotopic (exact) mass is 340 g/mol. The molecule has 1 heterocycles. The Kier molecular flexibility index (Phi) is 4.88. The minimum Gasteiger partial charge on any atom is -0.366 e. The maximum Gasteiger partial charge on any atom is 0.229 e. The van der Waals surface area contributed by atoms with Crippen LogP contribution in [-0.4, -0.2) is 9.97 Å². The molecule has 0 aliphatic rings. The van der Waals surface area contributed by atoms with Gasteiger partial charge in [0.25, 0.3) is 0 Å². The van der Waals surface area contributed by atoms with Gasteiger partial charge in [0.15, 0.2) is 0 Å². The van der Waals surface area contributed by atoms with Gasteiger partial charge in [-0.2, -0.15) is 4.98 Å². The molecule has 6 heteroatoms. The molecule has 0 fully saturated rings. The van der Waals surface area contributed by atoms with E-state index < -0.39 is 11.6 Å². The first kappa shape index (κ1) is 16.8. The Bertz CT molecular complexity index is 896. The number of nitrogens with one attached hydrogen (secondary N) is 2. The van der Waals surface area contributed by atoms with E-state index in [1.165, 1.54) is 17.7 Å². The van der Waals surface area contributed by atoms with E-state index in [2.05, 4.69) is 20.6 Å². The molecule has 25 heavy (non-hydrogen) atoms. The van der Waals surface area contributed by atoms with Crippen molar-refractivity contribution in [1.82, 2.24) is 9.97 Å². The van der Waals surface area contributed by atoms with E-state index in [0.717, 1.165) is 17.3 Å². The molecule has 0 aliphatic carbocycles. The minimum absolute atomic E-state index is 0.122. The molecule has 0 aliphatic heterocycles. The molecule has 2 N–H and O–H groups in total. The predicted octanol–water partition coefficient (Wildman–Crippen LogP) is 4.73. The fourth-order valence-electron chi connectivity index (χ4n) is 2.42. The molecule has 3 rings (SSSR count). The Labute approximate surface area is 145 Å². The molecule has 0 amide bonds. The first-order valence-corrected chi connectivity index (χ1v) is 7.87. The Balaban J connectivity index is 1.77. The number of anilines is 3. The highest BCUT2D eigenvalue weighted by atomic mass is 19.1. The number of aromatic nitrogens is 2. The SMILES string of the molecule is Cc1cc(NCc2ccccc2C)nc(Nc2ccc(F)cc2F)n1. The van der Waals surface area contributed by atoms with Gasteiger partial charge in [-0.15, -0.1) is 0 Å². The molecule has 0 bridgehead atoms. The van der Waals surface area contributed by atoms with Crippen molar-refractivity contribution in [3.05, 3.63) is 77.0 Å². The summed E-state index contributed by atoms with van der Waals surface area (Å²) in [6, 6.07) is 13.2. The van der Waals surface area contributed by atoms with E-state index in [-0.39, 0.29) is 11.6 Å². The summed E-state index contributed by atoms with van der Waals surface area (Å²) >= 11 is 0. The molecule has 1 aromatic heterocycles. The van der Waals surface area contributed by atoms with Gasteiger partial charge in [-0.05, 0) is 37.1 Å². The zero-order chi connectivity index (χ0) is 17.8. The Morgan fingerprint density at radius 3 is 2.52 bits per heavy atom. The smallest absolute Gasteiger partial charge is 0.229 e. The van der Waals surface area contributed by atoms with E-state index in [1.807, 2.05) is 44.2 Å². The van der Waals surface area contributed by atoms with Crippen molar-refractivity contribution >= 4 is 17.5 Å². The number of benzene rings is 2. The average Bonchev–Trinajstić information content (AvgIpc) is 2.56. The maximum atomic E-state index is 13.8. The molecule has 0 saturated heterocycles. The van der Waals surface area contributed by atoms with Crippen LogP contribution in [0.25, 0.3) is 0 Å². The third-order valence-corrected chi connectivity index (χ3v) is 3.75. The molecule has 4 nitrogen and oxygen atoms in total. The third-order valence-electron chi connectivity index (χ3n) is 3.75. The lowest BCUT2D eigenvalue weighted by molar-refractivity contribution is 0.586. The van der Waals surface area contributed by atoms with Gasteiger partial charge in [0, 0.05) is 24.4 Å². The van der Waals surface area contributed by atoms with Gasteiger partial charge in [0.2, 0.25) is 5.95 Å². The quantitative estimate of drug-likeness (QED) is 0.705. The zero-order valence-electron chi connectivity index (χ0n) is 14.0. The first-order valence-electron chi connectivity index (χ1n) is 7.87. The van der Waals surface area contributed by atoms with Crippen LogP contribution in [0.2, 0.25) is 0 Å². The molecule has 2 aromatic carbocycles. The van der Waals surface area contributed by atoms with Gasteiger partial charge in [-0.3, -0.25) is 0 Å². The van der Waals surface area contributed by atoms with Crippen LogP contribution in [0.5, 0.6) is 0 Å². The van der Waals surface area contributed by atoms with Crippen molar-refractivity contribution in [2.45, 2.75) is 20.4 Å². The standard InChI is InChI=1S/C19H18F2N4/c1-12-5-3-4-6-14(12)11-22-18-9-13(2)23-19(25-18)24-17-8-7-15(20)10-16(17)21/h3-10H,11H2,1-2H3,(H2,22,23,24,25). The number of nitrogens with zero attached hydrogens (tertiary/aromatic N) is 2. The van der Waals surface area contributed by atoms with Gasteiger partial charge in [0.1, 0.15) is 17.5 Å². The van der Waals surface area contributed by atoms with Crippen molar-refractivity contribution < 1.29 is 8.78 Å². The number of hydrogen-bond acceptors (Lipinski definition) is 4. The molecule has 0 saturated carbocycles. The lowest BCUT2D eigenvalue weighted by Gasteiger charge is -2.11. The summed E-state index contributed by atoms with van der Waals surface area (Å²) in [5, 5.41) is 6.03. The second-order valence-electron chi connectivity index (χ2n) is 5.75.